The molecule has 3 fully saturated rings. The molecular weight excluding hydrogens is 356 g/mol. The molecule has 2 aliphatic heterocycles. The number of ether oxygens (including phenoxy) is 1. The van der Waals surface area contributed by atoms with Gasteiger partial charge < -0.3 is 24.8 Å². The lowest BCUT2D eigenvalue weighted by atomic mass is 9.83. The van der Waals surface area contributed by atoms with E-state index in [1.54, 1.807) is 7.11 Å². The quantitative estimate of drug-likeness (QED) is 0.607. The van der Waals surface area contributed by atoms with Gasteiger partial charge in [-0.3, -0.25) is 4.79 Å². The van der Waals surface area contributed by atoms with Crippen LogP contribution in [0.4, 0.5) is 4.79 Å². The Morgan fingerprint density at radius 3 is 2.54 bits per heavy atom. The molecule has 160 valence electrons. The average molecular weight is 395 g/mol. The fourth-order valence-electron chi connectivity index (χ4n) is 4.54. The Hall–Kier alpha value is -1.34. The number of nitrogens with zero attached hydrogens (tertiary/aromatic N) is 3. The topological polar surface area (TPSA) is 65.1 Å². The molecule has 0 bridgehead atoms. The number of amides is 3. The normalized spacial score (nSPS) is 23.5. The van der Waals surface area contributed by atoms with Gasteiger partial charge in [-0.2, -0.15) is 0 Å². The molecule has 28 heavy (non-hydrogen) atoms. The molecule has 1 N–H and O–H groups in total. The number of hydrogen-bond acceptors (Lipinski definition) is 4. The molecule has 3 aliphatic rings. The third kappa shape index (κ3) is 5.83. The molecule has 1 unspecified atom stereocenters. The van der Waals surface area contributed by atoms with Crippen LogP contribution >= 0.6 is 0 Å². The number of methoxy groups -OCH3 is 1. The van der Waals surface area contributed by atoms with Crippen molar-refractivity contribution in [2.75, 3.05) is 59.5 Å². The van der Waals surface area contributed by atoms with Gasteiger partial charge in [-0.05, 0) is 58.0 Å². The zero-order valence-electron chi connectivity index (χ0n) is 17.5. The fraction of sp³-hybridized carbons (Fsp3) is 0.905. The van der Waals surface area contributed by atoms with Crippen LogP contribution in [0.1, 0.15) is 51.4 Å². The Morgan fingerprint density at radius 2 is 1.86 bits per heavy atom. The summed E-state index contributed by atoms with van der Waals surface area (Å²) in [5.74, 6) is 0.551. The molecule has 0 radical (unpaired) electrons. The highest BCUT2D eigenvalue weighted by atomic mass is 16.5. The molecular formula is C21H38N4O3. The van der Waals surface area contributed by atoms with Gasteiger partial charge in [-0.1, -0.05) is 6.42 Å². The lowest BCUT2D eigenvalue weighted by Crippen LogP contribution is -2.56. The van der Waals surface area contributed by atoms with Crippen molar-refractivity contribution in [3.05, 3.63) is 0 Å². The minimum absolute atomic E-state index is 0.00334. The van der Waals surface area contributed by atoms with E-state index >= 15 is 0 Å². The van der Waals surface area contributed by atoms with E-state index in [1.807, 2.05) is 4.90 Å². The van der Waals surface area contributed by atoms with Crippen molar-refractivity contribution in [2.45, 2.75) is 57.4 Å². The van der Waals surface area contributed by atoms with Crippen LogP contribution in [0.2, 0.25) is 0 Å². The van der Waals surface area contributed by atoms with Crippen LogP contribution in [-0.2, 0) is 9.53 Å². The van der Waals surface area contributed by atoms with E-state index in [1.165, 1.54) is 19.3 Å². The average Bonchev–Trinajstić information content (AvgIpc) is 3.18. The van der Waals surface area contributed by atoms with Crippen LogP contribution < -0.4 is 5.32 Å². The molecule has 1 atom stereocenters. The van der Waals surface area contributed by atoms with Crippen LogP contribution in [0.5, 0.6) is 0 Å². The second-order valence-electron chi connectivity index (χ2n) is 8.53. The van der Waals surface area contributed by atoms with Gasteiger partial charge in [0.1, 0.15) is 0 Å². The first-order chi connectivity index (χ1) is 13.7. The standard InChI is InChI=1S/C21H38N4O3/c1-28-16-6-10-22-21(27)24-13-5-9-19(17-24)25(20(26)18-7-4-8-18)15-14-23-11-2-3-12-23/h18-19H,2-17H2,1H3,(H,22,27). The van der Waals surface area contributed by atoms with E-state index in [-0.39, 0.29) is 18.0 Å². The zero-order chi connectivity index (χ0) is 19.8. The number of piperidine rings is 1. The third-order valence-corrected chi connectivity index (χ3v) is 6.52. The van der Waals surface area contributed by atoms with Crippen molar-refractivity contribution in [2.24, 2.45) is 5.92 Å². The van der Waals surface area contributed by atoms with Crippen LogP contribution in [0.25, 0.3) is 0 Å². The van der Waals surface area contributed by atoms with Gasteiger partial charge in [0.2, 0.25) is 5.91 Å². The second kappa shape index (κ2) is 11.0. The van der Waals surface area contributed by atoms with Crippen molar-refractivity contribution < 1.29 is 14.3 Å². The van der Waals surface area contributed by atoms with Crippen LogP contribution in [0.15, 0.2) is 0 Å². The summed E-state index contributed by atoms with van der Waals surface area (Å²) < 4.78 is 5.04. The lowest BCUT2D eigenvalue weighted by molar-refractivity contribution is -0.141. The predicted octanol–water partition coefficient (Wildman–Crippen LogP) is 1.92. The van der Waals surface area contributed by atoms with Gasteiger partial charge >= 0.3 is 6.03 Å². The number of urea groups is 1. The van der Waals surface area contributed by atoms with Crippen molar-refractivity contribution >= 4 is 11.9 Å². The molecule has 0 aromatic rings. The molecule has 0 aromatic carbocycles. The minimum Gasteiger partial charge on any atom is -0.385 e. The Morgan fingerprint density at radius 1 is 1.07 bits per heavy atom. The molecule has 1 saturated carbocycles. The van der Waals surface area contributed by atoms with Gasteiger partial charge in [-0.15, -0.1) is 0 Å². The summed E-state index contributed by atoms with van der Waals surface area (Å²) in [4.78, 5) is 32.2. The number of nitrogens with one attached hydrogen (secondary N) is 1. The molecule has 7 nitrogen and oxygen atoms in total. The maximum Gasteiger partial charge on any atom is 0.317 e. The summed E-state index contributed by atoms with van der Waals surface area (Å²) in [6.07, 6.45) is 8.60. The van der Waals surface area contributed by atoms with Crippen molar-refractivity contribution in [1.29, 1.82) is 0 Å². The van der Waals surface area contributed by atoms with Gasteiger partial charge in [0, 0.05) is 58.4 Å². The smallest absolute Gasteiger partial charge is 0.317 e. The van der Waals surface area contributed by atoms with E-state index in [0.717, 1.165) is 64.8 Å². The molecule has 3 amide bonds. The van der Waals surface area contributed by atoms with Gasteiger partial charge in [0.25, 0.3) is 0 Å². The molecule has 2 saturated heterocycles. The predicted molar refractivity (Wildman–Crippen MR) is 109 cm³/mol. The maximum absolute atomic E-state index is 13.1. The Bertz CT molecular complexity index is 506. The lowest BCUT2D eigenvalue weighted by Gasteiger charge is -2.42. The van der Waals surface area contributed by atoms with E-state index in [0.29, 0.717) is 25.6 Å². The highest BCUT2D eigenvalue weighted by Gasteiger charge is 2.36. The van der Waals surface area contributed by atoms with Crippen LogP contribution in [0, 0.1) is 5.92 Å². The van der Waals surface area contributed by atoms with Gasteiger partial charge in [-0.25, -0.2) is 4.79 Å². The summed E-state index contributed by atoms with van der Waals surface area (Å²) in [7, 11) is 1.67. The fourth-order valence-corrected chi connectivity index (χ4v) is 4.54. The van der Waals surface area contributed by atoms with E-state index < -0.39 is 0 Å². The number of rotatable bonds is 9. The molecule has 0 spiro atoms. The third-order valence-electron chi connectivity index (χ3n) is 6.52. The maximum atomic E-state index is 13.1. The van der Waals surface area contributed by atoms with E-state index in [9.17, 15) is 9.59 Å². The minimum atomic E-state index is -0.00334. The van der Waals surface area contributed by atoms with Crippen molar-refractivity contribution in [3.8, 4) is 0 Å². The zero-order valence-corrected chi connectivity index (χ0v) is 17.5. The molecule has 0 aromatic heterocycles. The van der Waals surface area contributed by atoms with Gasteiger partial charge in [0.05, 0.1) is 0 Å². The van der Waals surface area contributed by atoms with Crippen molar-refractivity contribution in [3.63, 3.8) is 0 Å². The number of likely N-dealkylation sites (tertiary alicyclic amines) is 2. The van der Waals surface area contributed by atoms with E-state index in [4.69, 9.17) is 4.74 Å². The molecule has 2 heterocycles. The summed E-state index contributed by atoms with van der Waals surface area (Å²) in [5.41, 5.74) is 0. The summed E-state index contributed by atoms with van der Waals surface area (Å²) in [5, 5.41) is 2.99. The Labute approximate surface area is 169 Å². The Kier molecular flexibility index (Phi) is 8.40. The number of carbonyl (C=O) groups is 2. The highest BCUT2D eigenvalue weighted by molar-refractivity contribution is 5.80. The van der Waals surface area contributed by atoms with E-state index in [2.05, 4.69) is 15.1 Å². The first-order valence-electron chi connectivity index (χ1n) is 11.2. The van der Waals surface area contributed by atoms with Crippen molar-refractivity contribution in [1.82, 2.24) is 20.0 Å². The summed E-state index contributed by atoms with van der Waals surface area (Å²) in [6, 6.07) is 0.158. The summed E-state index contributed by atoms with van der Waals surface area (Å²) in [6.45, 7) is 6.83. The SMILES string of the molecule is COCCCNC(=O)N1CCCC(N(CCN2CCCC2)C(=O)C2CCC2)C1. The monoisotopic (exact) mass is 394 g/mol. The largest absolute Gasteiger partial charge is 0.385 e. The summed E-state index contributed by atoms with van der Waals surface area (Å²) >= 11 is 0. The first-order valence-corrected chi connectivity index (χ1v) is 11.2. The first kappa shape index (κ1) is 21.4. The van der Waals surface area contributed by atoms with Crippen LogP contribution in [0.3, 0.4) is 0 Å². The molecule has 3 rings (SSSR count). The highest BCUT2D eigenvalue weighted by Crippen LogP contribution is 2.30. The Balaban J connectivity index is 1.54. The molecule has 7 heteroatoms. The second-order valence-corrected chi connectivity index (χ2v) is 8.53. The number of carbonyl (C=O) groups excluding carboxylic acids is 2. The van der Waals surface area contributed by atoms with Crippen LogP contribution in [-0.4, -0.2) is 92.2 Å². The van der Waals surface area contributed by atoms with Gasteiger partial charge in [0.15, 0.2) is 0 Å². The molecule has 1 aliphatic carbocycles. The number of hydrogen-bond donors (Lipinski definition) is 1.